The number of aryl methyl sites for hydroxylation is 1. The third kappa shape index (κ3) is 3.05. The molecule has 4 heterocycles. The van der Waals surface area contributed by atoms with Crippen molar-refractivity contribution >= 4 is 22.6 Å². The molecular weight excluding hydrogens is 412 g/mol. The molecule has 1 N–H and O–H groups in total. The summed E-state index contributed by atoms with van der Waals surface area (Å²) in [5.74, 6) is 1.17. The van der Waals surface area contributed by atoms with Crippen molar-refractivity contribution < 1.29 is 8.78 Å². The smallest absolute Gasteiger partial charge is 0.256 e. The number of hydrogen-bond acceptors (Lipinski definition) is 5. The molecule has 4 aromatic heterocycles. The molecule has 0 saturated heterocycles. The summed E-state index contributed by atoms with van der Waals surface area (Å²) >= 11 is 0. The molecule has 166 valence electrons. The standard InChI is InChI=1S/C23H25F2N7/c1-14-27-17-4-3-16(28-20(17)31(14)12-19(24)25)15-5-10-32-18(15)11-26-21(30-32)29-23-8-6-22(2,13-23)7-9-23/h3-5,10-11,19H,6-9,12-13H2,1-2H3,(H,29,30). The van der Waals surface area contributed by atoms with Gasteiger partial charge in [0, 0.05) is 17.3 Å². The summed E-state index contributed by atoms with van der Waals surface area (Å²) in [7, 11) is 0. The van der Waals surface area contributed by atoms with E-state index in [1.165, 1.54) is 23.8 Å². The SMILES string of the molecule is Cc1nc2ccc(-c3ccn4nc(NC56CCC(C)(CC5)C6)ncc34)nc2n1CC(F)F. The zero-order valence-electron chi connectivity index (χ0n) is 18.1. The Hall–Kier alpha value is -3.10. The van der Waals surface area contributed by atoms with Gasteiger partial charge in [-0.25, -0.2) is 28.2 Å². The number of pyridine rings is 1. The first-order valence-electron chi connectivity index (χ1n) is 11.1. The molecule has 2 fully saturated rings. The topological polar surface area (TPSA) is 72.9 Å². The van der Waals surface area contributed by atoms with Gasteiger partial charge >= 0.3 is 0 Å². The van der Waals surface area contributed by atoms with Crippen LogP contribution in [0, 0.1) is 12.3 Å². The number of rotatable bonds is 5. The van der Waals surface area contributed by atoms with Crippen molar-refractivity contribution in [2.24, 2.45) is 5.41 Å². The first-order chi connectivity index (χ1) is 15.3. The normalized spacial score (nSPS) is 24.9. The van der Waals surface area contributed by atoms with Crippen LogP contribution in [0.1, 0.15) is 44.9 Å². The quantitative estimate of drug-likeness (QED) is 0.483. The maximum atomic E-state index is 13.0. The van der Waals surface area contributed by atoms with Crippen LogP contribution < -0.4 is 5.32 Å². The molecule has 0 aromatic carbocycles. The van der Waals surface area contributed by atoms with E-state index in [0.29, 0.717) is 34.0 Å². The highest BCUT2D eigenvalue weighted by Crippen LogP contribution is 2.57. The van der Waals surface area contributed by atoms with Crippen LogP contribution in [-0.4, -0.2) is 41.1 Å². The fourth-order valence-corrected chi connectivity index (χ4v) is 5.70. The van der Waals surface area contributed by atoms with Crippen molar-refractivity contribution in [1.82, 2.24) is 29.1 Å². The van der Waals surface area contributed by atoms with E-state index in [2.05, 4.69) is 27.2 Å². The van der Waals surface area contributed by atoms with Crippen LogP contribution in [0.25, 0.3) is 27.9 Å². The van der Waals surface area contributed by atoms with Crippen molar-refractivity contribution in [3.63, 3.8) is 0 Å². The largest absolute Gasteiger partial charge is 0.348 e. The second-order valence-corrected chi connectivity index (χ2v) is 9.73. The zero-order chi connectivity index (χ0) is 22.1. The predicted octanol–water partition coefficient (Wildman–Crippen LogP) is 4.85. The van der Waals surface area contributed by atoms with E-state index in [9.17, 15) is 8.78 Å². The first-order valence-corrected chi connectivity index (χ1v) is 11.1. The average Bonchev–Trinajstić information content (AvgIpc) is 3.48. The second kappa shape index (κ2) is 6.70. The molecule has 7 nitrogen and oxygen atoms in total. The summed E-state index contributed by atoms with van der Waals surface area (Å²) in [5, 5.41) is 8.32. The van der Waals surface area contributed by atoms with Gasteiger partial charge in [0.2, 0.25) is 5.95 Å². The average molecular weight is 437 g/mol. The fraction of sp³-hybridized carbons (Fsp3) is 0.478. The molecule has 0 atom stereocenters. The summed E-state index contributed by atoms with van der Waals surface area (Å²) in [6.07, 6.45) is 7.23. The predicted molar refractivity (Wildman–Crippen MR) is 118 cm³/mol. The van der Waals surface area contributed by atoms with Gasteiger partial charge in [-0.1, -0.05) is 6.92 Å². The van der Waals surface area contributed by atoms with E-state index >= 15 is 0 Å². The molecule has 0 amide bonds. The van der Waals surface area contributed by atoms with Crippen molar-refractivity contribution in [2.75, 3.05) is 5.32 Å². The minimum Gasteiger partial charge on any atom is -0.348 e. The summed E-state index contributed by atoms with van der Waals surface area (Å²) < 4.78 is 29.4. The van der Waals surface area contributed by atoms with Gasteiger partial charge in [-0.05, 0) is 62.6 Å². The first kappa shape index (κ1) is 19.6. The highest BCUT2D eigenvalue weighted by molar-refractivity contribution is 5.82. The Balaban J connectivity index is 1.34. The van der Waals surface area contributed by atoms with Gasteiger partial charge < -0.3 is 9.88 Å². The van der Waals surface area contributed by atoms with Crippen molar-refractivity contribution in [3.05, 3.63) is 36.4 Å². The van der Waals surface area contributed by atoms with E-state index in [0.717, 1.165) is 23.9 Å². The number of hydrogen-bond donors (Lipinski definition) is 1. The van der Waals surface area contributed by atoms with Gasteiger partial charge in [0.05, 0.1) is 24.0 Å². The third-order valence-corrected chi connectivity index (χ3v) is 7.35. The third-order valence-electron chi connectivity index (χ3n) is 7.35. The van der Waals surface area contributed by atoms with Crippen LogP contribution in [0.4, 0.5) is 14.7 Å². The van der Waals surface area contributed by atoms with Gasteiger partial charge in [0.25, 0.3) is 6.43 Å². The molecule has 0 aliphatic heterocycles. The van der Waals surface area contributed by atoms with Crippen molar-refractivity contribution in [3.8, 4) is 11.3 Å². The Bertz CT molecular complexity index is 1330. The Labute approximate surface area is 183 Å². The van der Waals surface area contributed by atoms with Gasteiger partial charge in [-0.2, -0.15) is 0 Å². The number of halogens is 2. The van der Waals surface area contributed by atoms with Gasteiger partial charge in [-0.3, -0.25) is 0 Å². The van der Waals surface area contributed by atoms with Crippen molar-refractivity contribution in [1.29, 1.82) is 0 Å². The number of nitrogens with zero attached hydrogens (tertiary/aromatic N) is 6. The number of imidazole rings is 1. The number of alkyl halides is 2. The number of fused-ring (bicyclic) bond motifs is 4. The molecular formula is C23H25F2N7. The van der Waals surface area contributed by atoms with Crippen molar-refractivity contribution in [2.45, 2.75) is 64.5 Å². The van der Waals surface area contributed by atoms with E-state index in [4.69, 9.17) is 5.10 Å². The lowest BCUT2D eigenvalue weighted by Gasteiger charge is -2.28. The number of anilines is 1. The van der Waals surface area contributed by atoms with Crippen LogP contribution >= 0.6 is 0 Å². The maximum Gasteiger partial charge on any atom is 0.256 e. The van der Waals surface area contributed by atoms with Gasteiger partial charge in [-0.15, -0.1) is 5.10 Å². The Kier molecular flexibility index (Phi) is 4.10. The lowest BCUT2D eigenvalue weighted by atomic mass is 9.86. The van der Waals surface area contributed by atoms with Crippen LogP contribution in [0.5, 0.6) is 0 Å². The fourth-order valence-electron chi connectivity index (χ4n) is 5.70. The van der Waals surface area contributed by atoms with Gasteiger partial charge in [0.15, 0.2) is 5.65 Å². The molecule has 2 aliphatic carbocycles. The van der Waals surface area contributed by atoms with Crippen LogP contribution in [0.2, 0.25) is 0 Å². The molecule has 4 aromatic rings. The zero-order valence-corrected chi connectivity index (χ0v) is 18.1. The molecule has 2 bridgehead atoms. The highest BCUT2D eigenvalue weighted by Gasteiger charge is 2.51. The van der Waals surface area contributed by atoms with E-state index in [1.54, 1.807) is 17.6 Å². The molecule has 0 radical (unpaired) electrons. The minimum absolute atomic E-state index is 0.117. The summed E-state index contributed by atoms with van der Waals surface area (Å²) in [4.78, 5) is 13.6. The monoisotopic (exact) mass is 437 g/mol. The second-order valence-electron chi connectivity index (χ2n) is 9.73. The molecule has 32 heavy (non-hydrogen) atoms. The Morgan fingerprint density at radius 3 is 2.66 bits per heavy atom. The minimum atomic E-state index is -2.47. The molecule has 9 heteroatoms. The lowest BCUT2D eigenvalue weighted by Crippen LogP contribution is -2.34. The molecule has 2 saturated carbocycles. The maximum absolute atomic E-state index is 13.0. The van der Waals surface area contributed by atoms with Crippen LogP contribution in [-0.2, 0) is 6.54 Å². The Morgan fingerprint density at radius 1 is 1.12 bits per heavy atom. The molecule has 6 rings (SSSR count). The van der Waals surface area contributed by atoms with Crippen LogP contribution in [0.15, 0.2) is 30.6 Å². The van der Waals surface area contributed by atoms with Gasteiger partial charge in [0.1, 0.15) is 11.3 Å². The molecule has 0 unspecified atom stereocenters. The van der Waals surface area contributed by atoms with E-state index in [1.807, 2.05) is 24.4 Å². The summed E-state index contributed by atoms with van der Waals surface area (Å²) in [6.45, 7) is 3.68. The molecule has 2 aliphatic rings. The Morgan fingerprint density at radius 2 is 1.94 bits per heavy atom. The summed E-state index contributed by atoms with van der Waals surface area (Å²) in [6, 6.07) is 5.62. The van der Waals surface area contributed by atoms with Crippen LogP contribution in [0.3, 0.4) is 0 Å². The van der Waals surface area contributed by atoms with E-state index < -0.39 is 13.0 Å². The van der Waals surface area contributed by atoms with E-state index in [-0.39, 0.29) is 5.54 Å². The number of aromatic nitrogens is 6. The summed E-state index contributed by atoms with van der Waals surface area (Å²) in [5.41, 5.74) is 4.00. The lowest BCUT2D eigenvalue weighted by molar-refractivity contribution is 0.127. The highest BCUT2D eigenvalue weighted by atomic mass is 19.3. The number of nitrogens with one attached hydrogen (secondary N) is 1. The molecule has 0 spiro atoms.